The molecule has 0 radical (unpaired) electrons. The van der Waals surface area contributed by atoms with E-state index in [0.717, 1.165) is 16.5 Å². The van der Waals surface area contributed by atoms with Crippen LogP contribution >= 0.6 is 0 Å². The Kier molecular flexibility index (Phi) is 3.82. The van der Waals surface area contributed by atoms with E-state index < -0.39 is 10.5 Å². The predicted octanol–water partition coefficient (Wildman–Crippen LogP) is 5.04. The van der Waals surface area contributed by atoms with Gasteiger partial charge in [0, 0.05) is 17.5 Å². The fourth-order valence-electron chi connectivity index (χ4n) is 2.90. The summed E-state index contributed by atoms with van der Waals surface area (Å²) in [6.45, 7) is 0. The average Bonchev–Trinajstić information content (AvgIpc) is 2.68. The first-order valence-corrected chi connectivity index (χ1v) is 8.00. The van der Waals surface area contributed by atoms with Crippen molar-refractivity contribution >= 4 is 16.7 Å². The van der Waals surface area contributed by atoms with E-state index in [-0.39, 0.29) is 5.69 Å². The van der Waals surface area contributed by atoms with Gasteiger partial charge in [-0.2, -0.15) is 0 Å². The lowest BCUT2D eigenvalue weighted by atomic mass is 10.0. The number of rotatable bonds is 3. The molecule has 0 aliphatic heterocycles. The smallest absolute Gasteiger partial charge is 0.344 e. The highest BCUT2D eigenvalue weighted by molar-refractivity contribution is 5.86. The first-order chi connectivity index (χ1) is 12.6. The molecule has 0 bridgehead atoms. The zero-order valence-electron chi connectivity index (χ0n) is 13.6. The molecule has 4 rings (SSSR count). The number of non-ortho nitro benzene ring substituents is 1. The van der Waals surface area contributed by atoms with Gasteiger partial charge in [-0.15, -0.1) is 0 Å². The van der Waals surface area contributed by atoms with E-state index in [1.54, 1.807) is 24.3 Å². The highest BCUT2D eigenvalue weighted by Crippen LogP contribution is 2.27. The maximum Gasteiger partial charge on any atom is 0.344 e. The molecular formula is C21H13NO4. The van der Waals surface area contributed by atoms with E-state index in [4.69, 9.17) is 4.42 Å². The van der Waals surface area contributed by atoms with Gasteiger partial charge in [-0.25, -0.2) is 4.79 Å². The van der Waals surface area contributed by atoms with Crippen LogP contribution < -0.4 is 5.63 Å². The normalized spacial score (nSPS) is 10.8. The third-order valence-corrected chi connectivity index (χ3v) is 4.23. The maximum absolute atomic E-state index is 12.3. The van der Waals surface area contributed by atoms with Crippen molar-refractivity contribution in [2.75, 3.05) is 0 Å². The molecule has 1 heterocycles. The monoisotopic (exact) mass is 343 g/mol. The van der Waals surface area contributed by atoms with Crippen molar-refractivity contribution in [3.8, 4) is 22.3 Å². The lowest BCUT2D eigenvalue weighted by molar-refractivity contribution is -0.384. The van der Waals surface area contributed by atoms with Crippen LogP contribution in [0.4, 0.5) is 5.69 Å². The summed E-state index contributed by atoms with van der Waals surface area (Å²) in [5, 5.41) is 11.6. The molecule has 0 aliphatic carbocycles. The molecule has 126 valence electrons. The second-order valence-corrected chi connectivity index (χ2v) is 5.87. The number of benzene rings is 3. The van der Waals surface area contributed by atoms with Crippen LogP contribution in [0.2, 0.25) is 0 Å². The number of fused-ring (bicyclic) bond motifs is 1. The number of hydrogen-bond acceptors (Lipinski definition) is 4. The van der Waals surface area contributed by atoms with Gasteiger partial charge in [0.2, 0.25) is 0 Å². The van der Waals surface area contributed by atoms with Gasteiger partial charge >= 0.3 is 5.63 Å². The van der Waals surface area contributed by atoms with E-state index in [9.17, 15) is 14.9 Å². The van der Waals surface area contributed by atoms with Gasteiger partial charge < -0.3 is 4.42 Å². The summed E-state index contributed by atoms with van der Waals surface area (Å²) in [7, 11) is 0. The minimum absolute atomic E-state index is 0.0229. The van der Waals surface area contributed by atoms with E-state index >= 15 is 0 Å². The summed E-state index contributed by atoms with van der Waals surface area (Å²) >= 11 is 0. The molecule has 3 aromatic carbocycles. The van der Waals surface area contributed by atoms with Crippen molar-refractivity contribution < 1.29 is 9.34 Å². The van der Waals surface area contributed by atoms with E-state index in [2.05, 4.69) is 0 Å². The molecule has 0 N–H and O–H groups in total. The number of nitro groups is 1. The number of nitro benzene ring substituents is 1. The van der Waals surface area contributed by atoms with Crippen molar-refractivity contribution in [3.05, 3.63) is 99.4 Å². The predicted molar refractivity (Wildman–Crippen MR) is 100 cm³/mol. The minimum Gasteiger partial charge on any atom is -0.422 e. The van der Waals surface area contributed by atoms with Crippen molar-refractivity contribution in [2.24, 2.45) is 0 Å². The van der Waals surface area contributed by atoms with Crippen LogP contribution in [-0.2, 0) is 0 Å². The molecule has 0 aliphatic rings. The molecular weight excluding hydrogens is 330 g/mol. The molecule has 4 aromatic rings. The molecule has 0 atom stereocenters. The Bertz CT molecular complexity index is 1160. The molecule has 26 heavy (non-hydrogen) atoms. The van der Waals surface area contributed by atoms with E-state index in [0.29, 0.717) is 16.7 Å². The second kappa shape index (κ2) is 6.29. The van der Waals surface area contributed by atoms with E-state index in [1.165, 1.54) is 12.1 Å². The van der Waals surface area contributed by atoms with Crippen LogP contribution in [-0.4, -0.2) is 4.92 Å². The maximum atomic E-state index is 12.3. The van der Waals surface area contributed by atoms with Crippen molar-refractivity contribution in [1.29, 1.82) is 0 Å². The van der Waals surface area contributed by atoms with Crippen LogP contribution in [0.1, 0.15) is 0 Å². The third kappa shape index (κ3) is 2.86. The number of hydrogen-bond donors (Lipinski definition) is 0. The third-order valence-electron chi connectivity index (χ3n) is 4.23. The minimum atomic E-state index is -0.473. The lowest BCUT2D eigenvalue weighted by Gasteiger charge is -2.06. The molecule has 0 saturated heterocycles. The van der Waals surface area contributed by atoms with Gasteiger partial charge in [0.15, 0.2) is 0 Å². The van der Waals surface area contributed by atoms with Crippen molar-refractivity contribution in [3.63, 3.8) is 0 Å². The van der Waals surface area contributed by atoms with Crippen LogP contribution in [0, 0.1) is 10.1 Å². The van der Waals surface area contributed by atoms with Crippen LogP contribution in [0.25, 0.3) is 33.2 Å². The summed E-state index contributed by atoms with van der Waals surface area (Å²) in [6, 6.07) is 23.2. The average molecular weight is 343 g/mol. The lowest BCUT2D eigenvalue weighted by Crippen LogP contribution is -2.02. The molecule has 0 amide bonds. The summed E-state index contributed by atoms with van der Waals surface area (Å²) in [4.78, 5) is 22.6. The molecule has 0 spiro atoms. The fourth-order valence-corrected chi connectivity index (χ4v) is 2.90. The first kappa shape index (κ1) is 15.8. The summed E-state index contributed by atoms with van der Waals surface area (Å²) in [5.41, 5.74) is 3.04. The Morgan fingerprint density at radius 2 is 1.46 bits per heavy atom. The van der Waals surface area contributed by atoms with Crippen LogP contribution in [0.3, 0.4) is 0 Å². The van der Waals surface area contributed by atoms with Gasteiger partial charge in [0.1, 0.15) is 5.58 Å². The highest BCUT2D eigenvalue weighted by Gasteiger charge is 2.11. The molecule has 0 saturated carbocycles. The summed E-state index contributed by atoms with van der Waals surface area (Å²) < 4.78 is 5.43. The van der Waals surface area contributed by atoms with Gasteiger partial charge in [0.05, 0.1) is 10.5 Å². The number of nitrogens with zero attached hydrogens (tertiary/aromatic N) is 1. The zero-order valence-corrected chi connectivity index (χ0v) is 13.6. The molecule has 1 aromatic heterocycles. The second-order valence-electron chi connectivity index (χ2n) is 5.87. The summed E-state index contributed by atoms with van der Waals surface area (Å²) in [6.07, 6.45) is 0. The van der Waals surface area contributed by atoms with Crippen LogP contribution in [0.15, 0.2) is 88.1 Å². The Morgan fingerprint density at radius 3 is 2.15 bits per heavy atom. The Balaban J connectivity index is 1.84. The van der Waals surface area contributed by atoms with Gasteiger partial charge in [-0.3, -0.25) is 10.1 Å². The molecule has 0 unspecified atom stereocenters. The Labute approximate surface area is 148 Å². The first-order valence-electron chi connectivity index (χ1n) is 8.00. The van der Waals surface area contributed by atoms with Gasteiger partial charge in [0.25, 0.3) is 5.69 Å². The van der Waals surface area contributed by atoms with Crippen molar-refractivity contribution in [1.82, 2.24) is 0 Å². The standard InChI is InChI=1S/C21H13NO4/c23-21-19(15-6-9-18(10-7-15)22(24)25)13-17-12-16(8-11-20(17)26-21)14-4-2-1-3-5-14/h1-13H. The van der Waals surface area contributed by atoms with Crippen molar-refractivity contribution in [2.45, 2.75) is 0 Å². The molecule has 5 nitrogen and oxygen atoms in total. The summed E-state index contributed by atoms with van der Waals surface area (Å²) in [5.74, 6) is 0. The van der Waals surface area contributed by atoms with Gasteiger partial charge in [-0.1, -0.05) is 36.4 Å². The quantitative estimate of drug-likeness (QED) is 0.297. The van der Waals surface area contributed by atoms with Gasteiger partial charge in [-0.05, 0) is 47.0 Å². The fraction of sp³-hybridized carbons (Fsp3) is 0. The largest absolute Gasteiger partial charge is 0.422 e. The Morgan fingerprint density at radius 1 is 0.769 bits per heavy atom. The molecule has 5 heteroatoms. The Hall–Kier alpha value is -3.73. The van der Waals surface area contributed by atoms with E-state index in [1.807, 2.05) is 42.5 Å². The van der Waals surface area contributed by atoms with Crippen LogP contribution in [0.5, 0.6) is 0 Å². The SMILES string of the molecule is O=c1oc2ccc(-c3ccccc3)cc2cc1-c1ccc([N+](=O)[O-])cc1. The topological polar surface area (TPSA) is 73.3 Å². The molecule has 0 fully saturated rings. The highest BCUT2D eigenvalue weighted by atomic mass is 16.6. The zero-order chi connectivity index (χ0) is 18.1.